The van der Waals surface area contributed by atoms with Crippen LogP contribution in [0.25, 0.3) is 10.9 Å². The number of hydrogen-bond donors (Lipinski definition) is 5. The Labute approximate surface area is 174 Å². The van der Waals surface area contributed by atoms with Crippen LogP contribution in [-0.2, 0) is 0 Å². The standard InChI is InChI=1S/C21H22N4O4S/c26-19-14-9-3-5-11-16(14)25(23-13-7-1-2-8-13)21(27)18(19)20-22-15-10-4-6-12-17(15)30(28,29)24-20/h3-6,9-13,23,26,28-29H,1-2,7-8H2,(H,22,24). The lowest BCUT2D eigenvalue weighted by Crippen LogP contribution is -2.39. The molecule has 156 valence electrons. The van der Waals surface area contributed by atoms with E-state index in [1.165, 1.54) is 4.68 Å². The van der Waals surface area contributed by atoms with Crippen molar-refractivity contribution in [1.29, 1.82) is 0 Å². The summed E-state index contributed by atoms with van der Waals surface area (Å²) in [5, 5.41) is 14.4. The Bertz CT molecular complexity index is 1230. The van der Waals surface area contributed by atoms with Crippen LogP contribution in [0.3, 0.4) is 0 Å². The quantitative estimate of drug-likeness (QED) is 0.430. The highest BCUT2D eigenvalue weighted by molar-refractivity contribution is 8.23. The van der Waals surface area contributed by atoms with Gasteiger partial charge in [0.25, 0.3) is 5.56 Å². The Morgan fingerprint density at radius 3 is 2.57 bits per heavy atom. The van der Waals surface area contributed by atoms with E-state index in [2.05, 4.69) is 15.1 Å². The molecule has 1 aromatic heterocycles. The molecule has 8 nitrogen and oxygen atoms in total. The zero-order chi connectivity index (χ0) is 20.9. The third-order valence-electron chi connectivity index (χ3n) is 5.61. The number of nitrogens with one attached hydrogen (secondary N) is 2. The van der Waals surface area contributed by atoms with Gasteiger partial charge in [-0.25, -0.2) is 4.68 Å². The maximum Gasteiger partial charge on any atom is 0.284 e. The summed E-state index contributed by atoms with van der Waals surface area (Å²) in [6, 6.07) is 13.9. The maximum absolute atomic E-state index is 13.5. The molecule has 30 heavy (non-hydrogen) atoms. The first-order valence-corrected chi connectivity index (χ1v) is 11.3. The number of nitrogens with zero attached hydrogens (tertiary/aromatic N) is 2. The van der Waals surface area contributed by atoms with E-state index in [1.807, 2.05) is 0 Å². The topological polar surface area (TPSA) is 119 Å². The minimum Gasteiger partial charge on any atom is -0.506 e. The van der Waals surface area contributed by atoms with Gasteiger partial charge in [0.2, 0.25) is 0 Å². The second-order valence-electron chi connectivity index (χ2n) is 7.57. The zero-order valence-corrected chi connectivity index (χ0v) is 16.9. The van der Waals surface area contributed by atoms with Crippen LogP contribution in [0.4, 0.5) is 5.69 Å². The zero-order valence-electron chi connectivity index (χ0n) is 16.1. The monoisotopic (exact) mass is 426 g/mol. The minimum absolute atomic E-state index is 0.0658. The average molecular weight is 426 g/mol. The fourth-order valence-corrected chi connectivity index (χ4v) is 5.31. The Hall–Kier alpha value is -3.01. The van der Waals surface area contributed by atoms with Gasteiger partial charge in [0.15, 0.2) is 5.84 Å². The molecule has 0 saturated heterocycles. The van der Waals surface area contributed by atoms with Gasteiger partial charge in [0.1, 0.15) is 16.2 Å². The maximum atomic E-state index is 13.5. The summed E-state index contributed by atoms with van der Waals surface area (Å²) in [7, 11) is -3.52. The Morgan fingerprint density at radius 2 is 1.77 bits per heavy atom. The van der Waals surface area contributed by atoms with E-state index < -0.39 is 16.3 Å². The van der Waals surface area contributed by atoms with E-state index in [0.717, 1.165) is 25.7 Å². The molecule has 1 aliphatic carbocycles. The molecule has 1 aliphatic heterocycles. The Morgan fingerprint density at radius 1 is 1.07 bits per heavy atom. The predicted octanol–water partition coefficient (Wildman–Crippen LogP) is 4.09. The van der Waals surface area contributed by atoms with Gasteiger partial charge in [0.05, 0.1) is 11.2 Å². The van der Waals surface area contributed by atoms with Crippen molar-refractivity contribution < 1.29 is 14.2 Å². The lowest BCUT2D eigenvalue weighted by atomic mass is 10.1. The van der Waals surface area contributed by atoms with Crippen molar-refractivity contribution in [2.24, 2.45) is 4.40 Å². The van der Waals surface area contributed by atoms with E-state index in [4.69, 9.17) is 0 Å². The van der Waals surface area contributed by atoms with Gasteiger partial charge >= 0.3 is 0 Å². The van der Waals surface area contributed by atoms with Gasteiger partial charge in [-0.3, -0.25) is 13.9 Å². The molecule has 0 unspecified atom stereocenters. The SMILES string of the molecule is O=c1c(C2=NS(O)(O)c3ccccc3N2)c(O)c2ccccc2n1NC1CCCC1. The second-order valence-corrected chi connectivity index (χ2v) is 9.23. The van der Waals surface area contributed by atoms with Crippen molar-refractivity contribution in [3.05, 3.63) is 64.4 Å². The highest BCUT2D eigenvalue weighted by atomic mass is 32.3. The largest absolute Gasteiger partial charge is 0.506 e. The molecule has 1 saturated carbocycles. The number of fused-ring (bicyclic) bond motifs is 2. The molecule has 0 radical (unpaired) electrons. The van der Waals surface area contributed by atoms with Crippen LogP contribution in [0.15, 0.2) is 62.6 Å². The van der Waals surface area contributed by atoms with Crippen LogP contribution in [0.1, 0.15) is 31.2 Å². The molecule has 2 aliphatic rings. The number of anilines is 1. The van der Waals surface area contributed by atoms with Gasteiger partial charge in [-0.05, 0) is 37.1 Å². The Balaban J connectivity index is 1.72. The summed E-state index contributed by atoms with van der Waals surface area (Å²) < 4.78 is 26.6. The van der Waals surface area contributed by atoms with Crippen LogP contribution in [0, 0.1) is 0 Å². The normalized spacial score (nSPS) is 19.1. The number of aromatic nitrogens is 1. The molecule has 0 amide bonds. The number of rotatable bonds is 3. The smallest absolute Gasteiger partial charge is 0.284 e. The van der Waals surface area contributed by atoms with Crippen LogP contribution in [-0.4, -0.2) is 30.8 Å². The van der Waals surface area contributed by atoms with Crippen molar-refractivity contribution in [1.82, 2.24) is 4.68 Å². The van der Waals surface area contributed by atoms with E-state index in [9.17, 15) is 19.0 Å². The number of hydrogen-bond acceptors (Lipinski definition) is 7. The van der Waals surface area contributed by atoms with Crippen molar-refractivity contribution in [3.63, 3.8) is 0 Å². The Kier molecular flexibility index (Phi) is 4.46. The summed E-state index contributed by atoms with van der Waals surface area (Å²) in [5.74, 6) is -0.315. The molecule has 5 rings (SSSR count). The van der Waals surface area contributed by atoms with E-state index in [1.54, 1.807) is 48.5 Å². The molecular weight excluding hydrogens is 404 g/mol. The molecule has 0 spiro atoms. The van der Waals surface area contributed by atoms with E-state index in [-0.39, 0.29) is 28.1 Å². The van der Waals surface area contributed by atoms with Crippen molar-refractivity contribution in [3.8, 4) is 5.75 Å². The van der Waals surface area contributed by atoms with Crippen LogP contribution in [0.5, 0.6) is 5.75 Å². The lowest BCUT2D eigenvalue weighted by Gasteiger charge is -2.34. The van der Waals surface area contributed by atoms with Gasteiger partial charge in [0, 0.05) is 11.4 Å². The molecule has 1 fully saturated rings. The highest BCUT2D eigenvalue weighted by Crippen LogP contribution is 2.55. The molecule has 5 N–H and O–H groups in total. The summed E-state index contributed by atoms with van der Waals surface area (Å²) in [6.45, 7) is 0. The number of amidine groups is 1. The number of pyridine rings is 1. The summed E-state index contributed by atoms with van der Waals surface area (Å²) >= 11 is 0. The number of benzene rings is 2. The van der Waals surface area contributed by atoms with Crippen molar-refractivity contribution >= 4 is 33.2 Å². The number of aromatic hydroxyl groups is 1. The number of para-hydroxylation sites is 2. The van der Waals surface area contributed by atoms with Crippen molar-refractivity contribution in [2.75, 3.05) is 10.7 Å². The minimum atomic E-state index is -3.52. The fourth-order valence-electron chi connectivity index (χ4n) is 4.15. The molecule has 3 aromatic rings. The van der Waals surface area contributed by atoms with Crippen molar-refractivity contribution in [2.45, 2.75) is 36.6 Å². The van der Waals surface area contributed by atoms with Gasteiger partial charge in [-0.2, -0.15) is 0 Å². The first kappa shape index (κ1) is 19.0. The molecule has 9 heteroatoms. The summed E-state index contributed by atoms with van der Waals surface area (Å²) in [5.41, 5.74) is 3.68. The third kappa shape index (κ3) is 3.02. The van der Waals surface area contributed by atoms with E-state index >= 15 is 0 Å². The lowest BCUT2D eigenvalue weighted by molar-refractivity contribution is 0.477. The third-order valence-corrected chi connectivity index (χ3v) is 6.99. The van der Waals surface area contributed by atoms with Crippen LogP contribution >= 0.6 is 10.8 Å². The average Bonchev–Trinajstić information content (AvgIpc) is 3.24. The molecule has 2 heterocycles. The molecular formula is C21H22N4O4S. The summed E-state index contributed by atoms with van der Waals surface area (Å²) in [4.78, 5) is 13.7. The predicted molar refractivity (Wildman–Crippen MR) is 119 cm³/mol. The first-order valence-electron chi connectivity index (χ1n) is 9.83. The van der Waals surface area contributed by atoms with Crippen LogP contribution in [0.2, 0.25) is 0 Å². The molecule has 2 aromatic carbocycles. The summed E-state index contributed by atoms with van der Waals surface area (Å²) in [6.07, 6.45) is 4.12. The van der Waals surface area contributed by atoms with Gasteiger partial charge < -0.3 is 15.8 Å². The first-order chi connectivity index (χ1) is 14.5. The van der Waals surface area contributed by atoms with Crippen LogP contribution < -0.4 is 16.3 Å². The molecule has 0 atom stereocenters. The fraction of sp³-hybridized carbons (Fsp3) is 0.238. The second kappa shape index (κ2) is 7.05. The van der Waals surface area contributed by atoms with Gasteiger partial charge in [-0.1, -0.05) is 47.9 Å². The highest BCUT2D eigenvalue weighted by Gasteiger charge is 2.30. The van der Waals surface area contributed by atoms with Gasteiger partial charge in [-0.15, -0.1) is 4.40 Å². The van der Waals surface area contributed by atoms with E-state index in [0.29, 0.717) is 16.6 Å². The molecule has 0 bridgehead atoms.